The molecule has 2 unspecified atom stereocenters. The van der Waals surface area contributed by atoms with Crippen LogP contribution in [-0.2, 0) is 23.2 Å². The van der Waals surface area contributed by atoms with E-state index in [1.165, 1.54) is 18.4 Å². The minimum Gasteiger partial charge on any atom is -1.00 e. The normalized spacial score (nSPS) is 23.7. The molecule has 3 rings (SSSR count). The quantitative estimate of drug-likeness (QED) is 0.597. The molecule has 0 aromatic heterocycles. The Labute approximate surface area is 190 Å². The Morgan fingerprint density at radius 2 is 1.67 bits per heavy atom. The first-order chi connectivity index (χ1) is 11.8. The third-order valence-electron chi connectivity index (χ3n) is 6.49. The van der Waals surface area contributed by atoms with Crippen molar-refractivity contribution in [2.45, 2.75) is 68.1 Å². The van der Waals surface area contributed by atoms with Gasteiger partial charge in [0.25, 0.3) is 0 Å². The van der Waals surface area contributed by atoms with Gasteiger partial charge in [0.15, 0.2) is 0 Å². The van der Waals surface area contributed by atoms with E-state index in [-0.39, 0.29) is 24.8 Å². The van der Waals surface area contributed by atoms with Crippen molar-refractivity contribution < 1.29 is 48.0 Å². The molecule has 0 N–H and O–H groups in total. The second-order valence-electron chi connectivity index (χ2n) is 8.23. The van der Waals surface area contributed by atoms with Gasteiger partial charge in [0, 0.05) is 0 Å². The van der Waals surface area contributed by atoms with Crippen LogP contribution in [0.25, 0.3) is 6.08 Å². The molecule has 3 heteroatoms. The predicted molar refractivity (Wildman–Crippen MR) is 106 cm³/mol. The minimum absolute atomic E-state index is 0. The Balaban J connectivity index is 0.00000182. The topological polar surface area (TPSA) is 0 Å². The number of benzene rings is 1. The molecule has 0 spiro atoms. The first-order valence-corrected chi connectivity index (χ1v) is 12.4. The van der Waals surface area contributed by atoms with E-state index < -0.39 is 23.2 Å². The van der Waals surface area contributed by atoms with Gasteiger partial charge in [-0.15, -0.1) is 0 Å². The average molecular weight is 483 g/mol. The summed E-state index contributed by atoms with van der Waals surface area (Å²) in [5.41, 5.74) is 11.4. The third kappa shape index (κ3) is 4.27. The van der Waals surface area contributed by atoms with Crippen molar-refractivity contribution in [2.24, 2.45) is 5.92 Å². The number of allylic oxidation sites excluding steroid dienone is 5. The van der Waals surface area contributed by atoms with Crippen LogP contribution in [0.3, 0.4) is 0 Å². The van der Waals surface area contributed by atoms with Gasteiger partial charge in [-0.2, -0.15) is 0 Å². The average Bonchev–Trinajstić information content (AvgIpc) is 3.02. The maximum Gasteiger partial charge on any atom is -1.00 e. The molecule has 0 fully saturated rings. The fourth-order valence-electron chi connectivity index (χ4n) is 4.66. The Morgan fingerprint density at radius 3 is 2.26 bits per heavy atom. The molecular weight excluding hydrogens is 450 g/mol. The van der Waals surface area contributed by atoms with Crippen LogP contribution < -0.4 is 24.8 Å². The molecule has 0 bridgehead atoms. The number of halogens is 2. The second kappa shape index (κ2) is 9.60. The van der Waals surface area contributed by atoms with Crippen LogP contribution in [0, 0.1) is 5.92 Å². The molecule has 1 aromatic rings. The van der Waals surface area contributed by atoms with Crippen LogP contribution in [0.4, 0.5) is 0 Å². The van der Waals surface area contributed by atoms with Crippen molar-refractivity contribution in [3.8, 4) is 0 Å². The summed E-state index contributed by atoms with van der Waals surface area (Å²) in [5, 5.41) is 0. The summed E-state index contributed by atoms with van der Waals surface area (Å²) in [6.07, 6.45) is 5.04. The molecule has 0 amide bonds. The summed E-state index contributed by atoms with van der Waals surface area (Å²) >= 11 is -0.754. The summed E-state index contributed by atoms with van der Waals surface area (Å²) in [7, 11) is 0. The van der Waals surface area contributed by atoms with Gasteiger partial charge in [0.2, 0.25) is 0 Å². The van der Waals surface area contributed by atoms with Crippen LogP contribution in [0.1, 0.15) is 76.1 Å². The zero-order chi connectivity index (χ0) is 18.4. The second-order valence-corrected chi connectivity index (χ2v) is 12.8. The summed E-state index contributed by atoms with van der Waals surface area (Å²) < 4.78 is 1.11. The molecular formula is C24H32Cl2Zr. The smallest absolute Gasteiger partial charge is 1.00 e. The van der Waals surface area contributed by atoms with Crippen molar-refractivity contribution in [3.63, 3.8) is 0 Å². The van der Waals surface area contributed by atoms with E-state index in [0.29, 0.717) is 9.04 Å². The summed E-state index contributed by atoms with van der Waals surface area (Å²) in [4.78, 5) is 0. The Hall–Kier alpha value is -0.0969. The molecule has 2 aliphatic rings. The van der Waals surface area contributed by atoms with E-state index in [0.717, 1.165) is 3.63 Å². The van der Waals surface area contributed by atoms with Crippen LogP contribution in [0.2, 0.25) is 3.12 Å². The van der Waals surface area contributed by atoms with Gasteiger partial charge in [-0.1, -0.05) is 0 Å². The molecule has 27 heavy (non-hydrogen) atoms. The zero-order valence-corrected chi connectivity index (χ0v) is 21.7. The Bertz CT molecular complexity index is 785. The molecule has 0 saturated heterocycles. The summed E-state index contributed by atoms with van der Waals surface area (Å²) in [6, 6.07) is 9.14. The van der Waals surface area contributed by atoms with E-state index in [2.05, 4.69) is 78.8 Å². The molecule has 2 aliphatic carbocycles. The van der Waals surface area contributed by atoms with Gasteiger partial charge in [0.05, 0.1) is 0 Å². The number of fused-ring (bicyclic) bond motifs is 1. The molecule has 1 aromatic carbocycles. The molecule has 146 valence electrons. The van der Waals surface area contributed by atoms with Gasteiger partial charge in [-0.3, -0.25) is 0 Å². The minimum atomic E-state index is -0.754. The fourth-order valence-corrected chi connectivity index (χ4v) is 10.7. The number of rotatable bonds is 5. The molecule has 0 heterocycles. The van der Waals surface area contributed by atoms with Crippen molar-refractivity contribution in [1.29, 1.82) is 0 Å². The Morgan fingerprint density at radius 1 is 1.04 bits per heavy atom. The van der Waals surface area contributed by atoms with Gasteiger partial charge >= 0.3 is 167 Å². The van der Waals surface area contributed by atoms with Gasteiger partial charge in [0.1, 0.15) is 0 Å². The van der Waals surface area contributed by atoms with E-state index in [9.17, 15) is 0 Å². The van der Waals surface area contributed by atoms with Gasteiger partial charge in [-0.25, -0.2) is 0 Å². The van der Waals surface area contributed by atoms with E-state index >= 15 is 0 Å². The first-order valence-electron chi connectivity index (χ1n) is 9.77. The van der Waals surface area contributed by atoms with Crippen LogP contribution in [-0.4, -0.2) is 0 Å². The monoisotopic (exact) mass is 480 g/mol. The molecule has 0 saturated carbocycles. The zero-order valence-electron chi connectivity index (χ0n) is 17.7. The van der Waals surface area contributed by atoms with Crippen LogP contribution in [0.15, 0.2) is 52.1 Å². The molecule has 2 atom stereocenters. The van der Waals surface area contributed by atoms with E-state index in [4.69, 9.17) is 0 Å². The third-order valence-corrected chi connectivity index (χ3v) is 11.9. The molecule has 0 aliphatic heterocycles. The van der Waals surface area contributed by atoms with E-state index in [1.807, 2.05) is 0 Å². The molecule has 0 nitrogen and oxygen atoms in total. The van der Waals surface area contributed by atoms with Crippen LogP contribution in [0.5, 0.6) is 0 Å². The van der Waals surface area contributed by atoms with E-state index in [1.54, 1.807) is 33.4 Å². The van der Waals surface area contributed by atoms with Gasteiger partial charge in [-0.05, 0) is 0 Å². The van der Waals surface area contributed by atoms with Gasteiger partial charge < -0.3 is 24.8 Å². The maximum absolute atomic E-state index is 2.58. The molecule has 0 radical (unpaired) electrons. The fraction of sp³-hybridized carbons (Fsp3) is 0.500. The summed E-state index contributed by atoms with van der Waals surface area (Å²) in [6.45, 7) is 16.8. The maximum atomic E-state index is 2.58. The van der Waals surface area contributed by atoms with Crippen molar-refractivity contribution in [3.05, 3.63) is 63.3 Å². The number of hydrogen-bond acceptors (Lipinski definition) is 0. The van der Waals surface area contributed by atoms with Crippen molar-refractivity contribution in [2.75, 3.05) is 0 Å². The summed E-state index contributed by atoms with van der Waals surface area (Å²) in [5.74, 6) is 0.647. The standard InChI is InChI=1S/C12H13.C12H19.2ClH.Zr/c1-9(2)12-7-10-5-3-4-6-11(10)8-12;1-6-7-12-10(4)8(2)9(3)11(12)5;;;/h3-9H,1-2H3;6-7H2,1-5H3;2*1H;/q;;;;+2/p-2. The SMILES string of the molecule is CCCC1=C(C)C(C)=C(C)[C]1(C)[Zr+2][CH]1C(C(C)C)=Cc2ccccc21.[Cl-].[Cl-]. The first kappa shape index (κ1) is 24.9. The largest absolute Gasteiger partial charge is 1.00 e. The van der Waals surface area contributed by atoms with Crippen molar-refractivity contribution in [1.82, 2.24) is 0 Å². The van der Waals surface area contributed by atoms with Crippen LogP contribution >= 0.6 is 0 Å². The Kier molecular flexibility index (Phi) is 8.87. The predicted octanol–water partition coefficient (Wildman–Crippen LogP) is 1.52. The number of hydrogen-bond donors (Lipinski definition) is 0. The van der Waals surface area contributed by atoms with Crippen molar-refractivity contribution >= 4 is 6.08 Å².